The highest BCUT2D eigenvalue weighted by molar-refractivity contribution is 7.60. The number of ether oxygens (including phenoxy) is 1. The lowest BCUT2D eigenvalue weighted by atomic mass is 9.96. The van der Waals surface area contributed by atoms with Crippen molar-refractivity contribution in [2.75, 3.05) is 6.61 Å². The van der Waals surface area contributed by atoms with Gasteiger partial charge in [-0.3, -0.25) is 0 Å². The van der Waals surface area contributed by atoms with E-state index in [1.165, 1.54) is 0 Å². The zero-order valence-electron chi connectivity index (χ0n) is 6.58. The van der Waals surface area contributed by atoms with Crippen molar-refractivity contribution in [1.29, 1.82) is 0 Å². The van der Waals surface area contributed by atoms with E-state index in [1.807, 2.05) is 0 Å². The fourth-order valence-electron chi connectivity index (χ4n) is 1.70. The molecule has 0 aromatic rings. The van der Waals surface area contributed by atoms with Gasteiger partial charge in [0, 0.05) is 12.3 Å². The molecule has 3 heteroatoms. The van der Waals surface area contributed by atoms with E-state index >= 15 is 0 Å². The molecule has 0 radical (unpaired) electrons. The third-order valence-corrected chi connectivity index (χ3v) is 3.28. The van der Waals surface area contributed by atoms with Crippen LogP contribution < -0.4 is 0 Å². The predicted molar refractivity (Wildman–Crippen MR) is 46.9 cm³/mol. The highest BCUT2D eigenvalue weighted by atomic mass is 32.1. The summed E-state index contributed by atoms with van der Waals surface area (Å²) in [5.41, 5.74) is -0.175. The molecule has 2 nitrogen and oxygen atoms in total. The average Bonchev–Trinajstić information content (AvgIpc) is 2.55. The van der Waals surface area contributed by atoms with Crippen molar-refractivity contribution in [3.8, 4) is 0 Å². The molecular weight excluding hydrogens is 160 g/mol. The third-order valence-electron chi connectivity index (χ3n) is 2.71. The molecular formula is C8H13O2S+. The molecule has 1 aliphatic heterocycles. The van der Waals surface area contributed by atoms with Gasteiger partial charge in [0.15, 0.2) is 12.2 Å². The molecule has 1 spiro atoms. The molecule has 1 unspecified atom stereocenters. The number of aliphatic hydroxyl groups excluding tert-OH is 1. The van der Waals surface area contributed by atoms with Crippen LogP contribution in [-0.4, -0.2) is 28.3 Å². The molecule has 1 saturated heterocycles. The van der Waals surface area contributed by atoms with Gasteiger partial charge in [-0.15, -0.1) is 0 Å². The minimum Gasteiger partial charge on any atom is -0.390 e. The maximum atomic E-state index is 9.29. The van der Waals surface area contributed by atoms with Crippen molar-refractivity contribution in [3.63, 3.8) is 0 Å². The first-order valence-corrected chi connectivity index (χ1v) is 4.45. The van der Waals surface area contributed by atoms with Crippen molar-refractivity contribution in [2.45, 2.75) is 31.5 Å². The first-order valence-electron chi connectivity index (χ1n) is 4.01. The molecule has 0 aromatic heterocycles. The standard InChI is InChI=1S/C8H12O2S/c1-5-2-8(3-7(8)9)10-4-6(5)11/h5,7,9H,2-4H2,1H3/p+1/t5-,7?,8+/m0/s1. The van der Waals surface area contributed by atoms with Crippen LogP contribution in [0, 0.1) is 5.92 Å². The fourth-order valence-corrected chi connectivity index (χ4v) is 1.85. The van der Waals surface area contributed by atoms with Crippen LogP contribution >= 0.6 is 0 Å². The normalized spacial score (nSPS) is 49.8. The Bertz CT molecular complexity index is 204. The Kier molecular flexibility index (Phi) is 1.56. The van der Waals surface area contributed by atoms with E-state index in [0.717, 1.165) is 17.7 Å². The Balaban J connectivity index is 2.05. The lowest BCUT2D eigenvalue weighted by molar-refractivity contribution is -0.00369. The van der Waals surface area contributed by atoms with Crippen molar-refractivity contribution < 1.29 is 9.84 Å². The maximum absolute atomic E-state index is 9.29. The summed E-state index contributed by atoms with van der Waals surface area (Å²) in [5.74, 6) is 0.490. The Morgan fingerprint density at radius 1 is 1.64 bits per heavy atom. The first kappa shape index (κ1) is 7.65. The Labute approximate surface area is 71.5 Å². The SMILES string of the molecule is C[C@H]1C[C@]2(CC2O)OCC1=[SH+]. The summed E-state index contributed by atoms with van der Waals surface area (Å²) in [6, 6.07) is 0. The van der Waals surface area contributed by atoms with Gasteiger partial charge in [-0.05, 0) is 6.42 Å². The van der Waals surface area contributed by atoms with Crippen LogP contribution in [-0.2, 0) is 17.0 Å². The van der Waals surface area contributed by atoms with Crippen LogP contribution in [0.25, 0.3) is 0 Å². The van der Waals surface area contributed by atoms with Gasteiger partial charge in [0.05, 0.1) is 11.7 Å². The van der Waals surface area contributed by atoms with E-state index < -0.39 is 0 Å². The Morgan fingerprint density at radius 3 is 2.73 bits per heavy atom. The summed E-state index contributed by atoms with van der Waals surface area (Å²) in [7, 11) is 0. The second-order valence-corrected chi connectivity index (χ2v) is 4.24. The Morgan fingerprint density at radius 2 is 2.27 bits per heavy atom. The van der Waals surface area contributed by atoms with E-state index in [9.17, 15) is 5.11 Å². The lowest BCUT2D eigenvalue weighted by Gasteiger charge is -2.24. The van der Waals surface area contributed by atoms with Crippen molar-refractivity contribution in [3.05, 3.63) is 0 Å². The van der Waals surface area contributed by atoms with Gasteiger partial charge in [0.25, 0.3) is 0 Å². The zero-order valence-corrected chi connectivity index (χ0v) is 7.47. The van der Waals surface area contributed by atoms with Crippen LogP contribution in [0.3, 0.4) is 0 Å². The molecule has 2 rings (SSSR count). The van der Waals surface area contributed by atoms with Crippen LogP contribution in [0.2, 0.25) is 0 Å². The van der Waals surface area contributed by atoms with Crippen molar-refractivity contribution in [2.24, 2.45) is 5.92 Å². The van der Waals surface area contributed by atoms with Crippen LogP contribution in [0.15, 0.2) is 0 Å². The second kappa shape index (κ2) is 2.25. The van der Waals surface area contributed by atoms with E-state index in [4.69, 9.17) is 4.74 Å². The summed E-state index contributed by atoms with van der Waals surface area (Å²) in [6.45, 7) is 2.75. The fraction of sp³-hybridized carbons (Fsp3) is 0.875. The minimum atomic E-state index is -0.216. The summed E-state index contributed by atoms with van der Waals surface area (Å²) in [6.07, 6.45) is 1.54. The molecule has 0 amide bonds. The average molecular weight is 173 g/mol. The highest BCUT2D eigenvalue weighted by Gasteiger charge is 2.58. The van der Waals surface area contributed by atoms with Gasteiger partial charge >= 0.3 is 0 Å². The molecule has 3 atom stereocenters. The summed E-state index contributed by atoms with van der Waals surface area (Å²) >= 11 is 4.30. The molecule has 1 saturated carbocycles. The lowest BCUT2D eigenvalue weighted by Crippen LogP contribution is -2.35. The van der Waals surface area contributed by atoms with Gasteiger partial charge < -0.3 is 9.84 Å². The molecule has 2 fully saturated rings. The quantitative estimate of drug-likeness (QED) is 0.317. The van der Waals surface area contributed by atoms with Crippen molar-refractivity contribution in [1.82, 2.24) is 0 Å². The van der Waals surface area contributed by atoms with Gasteiger partial charge in [-0.2, -0.15) is 0 Å². The molecule has 1 N–H and O–H groups in total. The maximum Gasteiger partial charge on any atom is 0.204 e. The first-order chi connectivity index (χ1) is 5.14. The van der Waals surface area contributed by atoms with E-state index in [2.05, 4.69) is 19.1 Å². The number of rotatable bonds is 0. The summed E-state index contributed by atoms with van der Waals surface area (Å²) in [4.78, 5) is 1.11. The monoisotopic (exact) mass is 173 g/mol. The van der Waals surface area contributed by atoms with E-state index in [1.54, 1.807) is 0 Å². The molecule has 1 aliphatic carbocycles. The number of hydrogen-bond acceptors (Lipinski definition) is 2. The van der Waals surface area contributed by atoms with E-state index in [0.29, 0.717) is 12.5 Å². The second-order valence-electron chi connectivity index (χ2n) is 3.67. The molecule has 11 heavy (non-hydrogen) atoms. The highest BCUT2D eigenvalue weighted by Crippen LogP contribution is 2.47. The minimum absolute atomic E-state index is 0.175. The molecule has 1 heterocycles. The van der Waals surface area contributed by atoms with E-state index in [-0.39, 0.29) is 11.7 Å². The van der Waals surface area contributed by atoms with Gasteiger partial charge in [0.2, 0.25) is 4.86 Å². The predicted octanol–water partition coefficient (Wildman–Crippen LogP) is -0.00220. The molecule has 62 valence electrons. The molecule has 0 bridgehead atoms. The largest absolute Gasteiger partial charge is 0.390 e. The molecule has 2 aliphatic rings. The van der Waals surface area contributed by atoms with Gasteiger partial charge in [-0.25, -0.2) is 0 Å². The topological polar surface area (TPSA) is 29.5 Å². The van der Waals surface area contributed by atoms with Gasteiger partial charge in [-0.1, -0.05) is 6.92 Å². The number of hydrogen-bond donors (Lipinski definition) is 1. The molecule has 0 aromatic carbocycles. The van der Waals surface area contributed by atoms with Crippen molar-refractivity contribution >= 4 is 17.1 Å². The summed E-state index contributed by atoms with van der Waals surface area (Å²) in [5, 5.41) is 9.29. The van der Waals surface area contributed by atoms with Crippen LogP contribution in [0.5, 0.6) is 0 Å². The third kappa shape index (κ3) is 1.11. The number of aliphatic hydroxyl groups is 1. The van der Waals surface area contributed by atoms with Crippen LogP contribution in [0.1, 0.15) is 19.8 Å². The summed E-state index contributed by atoms with van der Waals surface area (Å²) < 4.78 is 5.51. The smallest absolute Gasteiger partial charge is 0.204 e. The Hall–Kier alpha value is 0.01000. The van der Waals surface area contributed by atoms with Gasteiger partial charge in [0.1, 0.15) is 6.61 Å². The number of thiol groups is 1. The van der Waals surface area contributed by atoms with Crippen LogP contribution in [0.4, 0.5) is 0 Å². The zero-order chi connectivity index (χ0) is 8.06.